The second-order valence-electron chi connectivity index (χ2n) is 6.21. The standard InChI is InChI=1S/C14H24N4O/c1-14(2,3)15-10-11-9-12(19)17-13(16-11)18-7-5-4-6-8-18/h9,15H,4-8,10H2,1-3H3,(H,16,17,19). The molecular formula is C14H24N4O. The zero-order chi connectivity index (χ0) is 13.9. The molecule has 2 N–H and O–H groups in total. The van der Waals surface area contributed by atoms with Crippen LogP contribution < -0.4 is 15.8 Å². The fourth-order valence-electron chi connectivity index (χ4n) is 2.20. The molecule has 2 rings (SSSR count). The van der Waals surface area contributed by atoms with Crippen LogP contribution in [0.3, 0.4) is 0 Å². The third-order valence-corrected chi connectivity index (χ3v) is 3.24. The number of hydrogen-bond donors (Lipinski definition) is 2. The third-order valence-electron chi connectivity index (χ3n) is 3.24. The van der Waals surface area contributed by atoms with Crippen LogP contribution in [-0.2, 0) is 6.54 Å². The van der Waals surface area contributed by atoms with Crippen LogP contribution in [0.1, 0.15) is 45.7 Å². The first-order valence-electron chi connectivity index (χ1n) is 7.04. The molecule has 0 aliphatic carbocycles. The minimum absolute atomic E-state index is 0.0234. The Kier molecular flexibility index (Phi) is 4.24. The van der Waals surface area contributed by atoms with Crippen LogP contribution in [0, 0.1) is 0 Å². The molecule has 0 bridgehead atoms. The summed E-state index contributed by atoms with van der Waals surface area (Å²) in [5, 5.41) is 3.36. The lowest BCUT2D eigenvalue weighted by Crippen LogP contribution is -2.36. The van der Waals surface area contributed by atoms with E-state index >= 15 is 0 Å². The highest BCUT2D eigenvalue weighted by Gasteiger charge is 2.15. The van der Waals surface area contributed by atoms with Gasteiger partial charge in [0.1, 0.15) is 0 Å². The van der Waals surface area contributed by atoms with Crippen LogP contribution in [-0.4, -0.2) is 28.6 Å². The number of aromatic amines is 1. The Labute approximate surface area is 114 Å². The third kappa shape index (κ3) is 4.35. The van der Waals surface area contributed by atoms with Gasteiger partial charge in [0, 0.05) is 31.2 Å². The van der Waals surface area contributed by atoms with E-state index in [-0.39, 0.29) is 11.1 Å². The summed E-state index contributed by atoms with van der Waals surface area (Å²) in [6, 6.07) is 1.58. The summed E-state index contributed by atoms with van der Waals surface area (Å²) in [4.78, 5) is 21.3. The largest absolute Gasteiger partial charge is 0.342 e. The molecule has 5 nitrogen and oxygen atoms in total. The molecule has 0 aromatic carbocycles. The van der Waals surface area contributed by atoms with Crippen molar-refractivity contribution in [3.63, 3.8) is 0 Å². The molecule has 0 unspecified atom stereocenters. The van der Waals surface area contributed by atoms with E-state index in [0.717, 1.165) is 24.7 Å². The summed E-state index contributed by atoms with van der Waals surface area (Å²) in [5.41, 5.74) is 0.760. The Morgan fingerprint density at radius 3 is 2.63 bits per heavy atom. The molecule has 0 amide bonds. The maximum atomic E-state index is 11.7. The predicted molar refractivity (Wildman–Crippen MR) is 77.5 cm³/mol. The fraction of sp³-hybridized carbons (Fsp3) is 0.714. The van der Waals surface area contributed by atoms with Gasteiger partial charge in [-0.05, 0) is 40.0 Å². The van der Waals surface area contributed by atoms with Gasteiger partial charge in [-0.3, -0.25) is 9.78 Å². The van der Waals surface area contributed by atoms with Gasteiger partial charge in [0.2, 0.25) is 5.95 Å². The van der Waals surface area contributed by atoms with Gasteiger partial charge in [0.15, 0.2) is 0 Å². The lowest BCUT2D eigenvalue weighted by Gasteiger charge is -2.27. The van der Waals surface area contributed by atoms with Crippen LogP contribution in [0.5, 0.6) is 0 Å². The summed E-state index contributed by atoms with van der Waals surface area (Å²) in [6.45, 7) is 8.90. The van der Waals surface area contributed by atoms with E-state index in [0.29, 0.717) is 6.54 Å². The van der Waals surface area contributed by atoms with Crippen molar-refractivity contribution in [3.8, 4) is 0 Å². The van der Waals surface area contributed by atoms with Crippen LogP contribution in [0.2, 0.25) is 0 Å². The lowest BCUT2D eigenvalue weighted by atomic mass is 10.1. The van der Waals surface area contributed by atoms with Gasteiger partial charge in [-0.25, -0.2) is 4.98 Å². The van der Waals surface area contributed by atoms with Gasteiger partial charge in [0.05, 0.1) is 5.69 Å². The van der Waals surface area contributed by atoms with Crippen molar-refractivity contribution in [3.05, 3.63) is 22.1 Å². The molecule has 1 fully saturated rings. The van der Waals surface area contributed by atoms with Gasteiger partial charge >= 0.3 is 0 Å². The zero-order valence-corrected chi connectivity index (χ0v) is 12.1. The number of H-pyrrole nitrogens is 1. The number of hydrogen-bond acceptors (Lipinski definition) is 4. The first kappa shape index (κ1) is 14.1. The number of rotatable bonds is 3. The summed E-state index contributed by atoms with van der Waals surface area (Å²) in [7, 11) is 0. The molecule has 1 aliphatic rings. The van der Waals surface area contributed by atoms with Crippen molar-refractivity contribution in [1.82, 2.24) is 15.3 Å². The molecule has 0 saturated carbocycles. The quantitative estimate of drug-likeness (QED) is 0.871. The van der Waals surface area contributed by atoms with Crippen molar-refractivity contribution in [2.45, 2.75) is 52.1 Å². The molecule has 2 heterocycles. The normalized spacial score (nSPS) is 16.7. The van der Waals surface area contributed by atoms with Gasteiger partial charge in [-0.15, -0.1) is 0 Å². The Hall–Kier alpha value is -1.36. The first-order valence-corrected chi connectivity index (χ1v) is 7.04. The molecular weight excluding hydrogens is 240 g/mol. The lowest BCUT2D eigenvalue weighted by molar-refractivity contribution is 0.420. The molecule has 1 aromatic rings. The van der Waals surface area contributed by atoms with E-state index in [1.165, 1.54) is 19.3 Å². The van der Waals surface area contributed by atoms with Gasteiger partial charge in [-0.2, -0.15) is 0 Å². The first-order chi connectivity index (χ1) is 8.94. The van der Waals surface area contributed by atoms with E-state index in [9.17, 15) is 4.79 Å². The Bertz CT molecular complexity index is 469. The van der Waals surface area contributed by atoms with Crippen LogP contribution in [0.4, 0.5) is 5.95 Å². The maximum absolute atomic E-state index is 11.7. The highest BCUT2D eigenvalue weighted by Crippen LogP contribution is 2.14. The Morgan fingerprint density at radius 1 is 1.32 bits per heavy atom. The molecule has 106 valence electrons. The zero-order valence-electron chi connectivity index (χ0n) is 12.1. The van der Waals surface area contributed by atoms with Crippen molar-refractivity contribution >= 4 is 5.95 Å². The van der Waals surface area contributed by atoms with Crippen molar-refractivity contribution in [1.29, 1.82) is 0 Å². The number of aromatic nitrogens is 2. The van der Waals surface area contributed by atoms with E-state index in [1.54, 1.807) is 6.07 Å². The second-order valence-corrected chi connectivity index (χ2v) is 6.21. The van der Waals surface area contributed by atoms with Crippen LogP contribution in [0.15, 0.2) is 10.9 Å². The molecule has 1 aromatic heterocycles. The highest BCUT2D eigenvalue weighted by molar-refractivity contribution is 5.30. The van der Waals surface area contributed by atoms with Crippen LogP contribution in [0.25, 0.3) is 0 Å². The second kappa shape index (κ2) is 5.74. The van der Waals surface area contributed by atoms with Crippen LogP contribution >= 0.6 is 0 Å². The molecule has 5 heteroatoms. The van der Waals surface area contributed by atoms with E-state index < -0.39 is 0 Å². The monoisotopic (exact) mass is 264 g/mol. The number of nitrogens with zero attached hydrogens (tertiary/aromatic N) is 2. The maximum Gasteiger partial charge on any atom is 0.252 e. The number of anilines is 1. The van der Waals surface area contributed by atoms with Crippen molar-refractivity contribution in [2.24, 2.45) is 0 Å². The summed E-state index contributed by atoms with van der Waals surface area (Å²) < 4.78 is 0. The average Bonchev–Trinajstić information content (AvgIpc) is 2.36. The molecule has 19 heavy (non-hydrogen) atoms. The Morgan fingerprint density at radius 2 is 2.00 bits per heavy atom. The minimum Gasteiger partial charge on any atom is -0.342 e. The smallest absolute Gasteiger partial charge is 0.252 e. The fourth-order valence-corrected chi connectivity index (χ4v) is 2.20. The van der Waals surface area contributed by atoms with Crippen molar-refractivity contribution < 1.29 is 0 Å². The van der Waals surface area contributed by atoms with E-state index in [4.69, 9.17) is 0 Å². The molecule has 0 spiro atoms. The highest BCUT2D eigenvalue weighted by atomic mass is 16.1. The average molecular weight is 264 g/mol. The molecule has 0 radical (unpaired) electrons. The Balaban J connectivity index is 2.12. The van der Waals surface area contributed by atoms with E-state index in [1.807, 2.05) is 0 Å². The summed E-state index contributed by atoms with van der Waals surface area (Å²) in [6.07, 6.45) is 3.62. The minimum atomic E-state index is -0.0683. The molecule has 1 aliphatic heterocycles. The summed E-state index contributed by atoms with van der Waals surface area (Å²) >= 11 is 0. The summed E-state index contributed by atoms with van der Waals surface area (Å²) in [5.74, 6) is 0.720. The van der Waals surface area contributed by atoms with Gasteiger partial charge in [-0.1, -0.05) is 0 Å². The molecule has 0 atom stereocenters. The predicted octanol–water partition coefficient (Wildman–Crippen LogP) is 1.65. The number of piperidine rings is 1. The van der Waals surface area contributed by atoms with E-state index in [2.05, 4.69) is 41.0 Å². The topological polar surface area (TPSA) is 61.0 Å². The van der Waals surface area contributed by atoms with Crippen molar-refractivity contribution in [2.75, 3.05) is 18.0 Å². The van der Waals surface area contributed by atoms with Gasteiger partial charge < -0.3 is 10.2 Å². The SMILES string of the molecule is CC(C)(C)NCc1cc(=O)[nH]c(N2CCCCC2)n1. The number of nitrogens with one attached hydrogen (secondary N) is 2. The van der Waals surface area contributed by atoms with Gasteiger partial charge in [0.25, 0.3) is 5.56 Å². The molecule has 1 saturated heterocycles.